The molecule has 0 bridgehead atoms. The van der Waals surface area contributed by atoms with Crippen LogP contribution in [0.3, 0.4) is 0 Å². The van der Waals surface area contributed by atoms with Crippen molar-refractivity contribution in [2.24, 2.45) is 7.05 Å². The van der Waals surface area contributed by atoms with E-state index in [4.69, 9.17) is 9.47 Å². The van der Waals surface area contributed by atoms with E-state index in [9.17, 15) is 22.4 Å². The Kier molecular flexibility index (Phi) is 8.39. The van der Waals surface area contributed by atoms with E-state index in [1.165, 1.54) is 25.3 Å². The number of carbonyl (C=O) groups excluding carboxylic acids is 1. The first kappa shape index (κ1) is 28.3. The predicted octanol–water partition coefficient (Wildman–Crippen LogP) is 5.59. The number of hydrogen-bond donors (Lipinski definition) is 0. The minimum absolute atomic E-state index is 0.0653. The molecule has 41 heavy (non-hydrogen) atoms. The molecular formula is C29H28F4N4O4. The van der Waals surface area contributed by atoms with Crippen LogP contribution in [0.2, 0.25) is 0 Å². The number of likely N-dealkylation sites (tertiary alicyclic amines) is 1. The van der Waals surface area contributed by atoms with E-state index < -0.39 is 24.2 Å². The number of aromatic nitrogens is 3. The summed E-state index contributed by atoms with van der Waals surface area (Å²) in [6.45, 7) is -1.18. The van der Waals surface area contributed by atoms with Gasteiger partial charge in [0.1, 0.15) is 29.6 Å². The molecule has 0 radical (unpaired) electrons. The van der Waals surface area contributed by atoms with Gasteiger partial charge in [0, 0.05) is 36.4 Å². The van der Waals surface area contributed by atoms with Crippen LogP contribution in [0.1, 0.15) is 46.2 Å². The molecule has 216 valence electrons. The van der Waals surface area contributed by atoms with Gasteiger partial charge in [-0.25, -0.2) is 23.5 Å². The van der Waals surface area contributed by atoms with E-state index >= 15 is 0 Å². The molecule has 0 amide bonds. The van der Waals surface area contributed by atoms with Gasteiger partial charge < -0.3 is 18.8 Å². The van der Waals surface area contributed by atoms with E-state index in [1.807, 2.05) is 12.1 Å². The average Bonchev–Trinajstić information content (AvgIpc) is 3.27. The van der Waals surface area contributed by atoms with Gasteiger partial charge in [-0.2, -0.15) is 8.78 Å². The van der Waals surface area contributed by atoms with Gasteiger partial charge in [-0.1, -0.05) is 6.07 Å². The van der Waals surface area contributed by atoms with Gasteiger partial charge in [0.15, 0.2) is 5.75 Å². The highest BCUT2D eigenvalue weighted by molar-refractivity contribution is 5.96. The number of aryl methyl sites for hydroxylation is 1. The zero-order valence-electron chi connectivity index (χ0n) is 22.4. The highest BCUT2D eigenvalue weighted by Gasteiger charge is 2.25. The lowest BCUT2D eigenvalue weighted by Gasteiger charge is -2.31. The van der Waals surface area contributed by atoms with Gasteiger partial charge in [-0.05, 0) is 56.3 Å². The van der Waals surface area contributed by atoms with Crippen LogP contribution in [0.25, 0.3) is 11.0 Å². The fourth-order valence-corrected chi connectivity index (χ4v) is 4.98. The molecule has 1 saturated heterocycles. The fourth-order valence-electron chi connectivity index (χ4n) is 4.98. The molecule has 8 nitrogen and oxygen atoms in total. The Morgan fingerprint density at radius 3 is 2.56 bits per heavy atom. The van der Waals surface area contributed by atoms with Crippen LogP contribution in [-0.4, -0.2) is 52.2 Å². The molecule has 0 spiro atoms. The molecule has 0 unspecified atom stereocenters. The number of hydrogen-bond acceptors (Lipinski definition) is 7. The van der Waals surface area contributed by atoms with E-state index in [1.54, 1.807) is 23.7 Å². The van der Waals surface area contributed by atoms with Crippen molar-refractivity contribution in [1.29, 1.82) is 0 Å². The predicted molar refractivity (Wildman–Crippen MR) is 141 cm³/mol. The van der Waals surface area contributed by atoms with Gasteiger partial charge in [-0.3, -0.25) is 4.90 Å². The lowest BCUT2D eigenvalue weighted by Crippen LogP contribution is -2.33. The van der Waals surface area contributed by atoms with Gasteiger partial charge in [-0.15, -0.1) is 0 Å². The zero-order chi connectivity index (χ0) is 29.1. The molecular weight excluding hydrogens is 544 g/mol. The van der Waals surface area contributed by atoms with E-state index in [-0.39, 0.29) is 34.9 Å². The van der Waals surface area contributed by atoms with Gasteiger partial charge in [0.2, 0.25) is 5.88 Å². The largest absolute Gasteiger partial charge is 0.473 e. The first-order valence-electron chi connectivity index (χ1n) is 13.0. The Bertz CT molecular complexity index is 1550. The molecule has 5 rings (SSSR count). The fraction of sp³-hybridized carbons (Fsp3) is 0.345. The Morgan fingerprint density at radius 1 is 1.07 bits per heavy atom. The summed E-state index contributed by atoms with van der Waals surface area (Å²) in [6, 6.07) is 11.6. The van der Waals surface area contributed by atoms with Crippen LogP contribution in [0.15, 0.2) is 48.5 Å². The van der Waals surface area contributed by atoms with Crippen molar-refractivity contribution in [1.82, 2.24) is 19.4 Å². The third kappa shape index (κ3) is 6.43. The number of pyridine rings is 1. The topological polar surface area (TPSA) is 78.7 Å². The normalized spacial score (nSPS) is 14.5. The molecule has 3 heterocycles. The molecule has 1 aliphatic rings. The molecule has 0 saturated carbocycles. The van der Waals surface area contributed by atoms with Crippen molar-refractivity contribution >= 4 is 17.0 Å². The van der Waals surface area contributed by atoms with Crippen LogP contribution in [0.5, 0.6) is 11.6 Å². The van der Waals surface area contributed by atoms with Crippen LogP contribution in [-0.2, 0) is 24.9 Å². The second kappa shape index (κ2) is 12.1. The Hall–Kier alpha value is -4.19. The molecule has 4 aromatic rings. The number of rotatable bonds is 9. The maximum absolute atomic E-state index is 13.9. The maximum Gasteiger partial charge on any atom is 0.387 e. The first-order chi connectivity index (χ1) is 19.7. The molecule has 2 aromatic carbocycles. The monoisotopic (exact) mass is 572 g/mol. The van der Waals surface area contributed by atoms with Crippen molar-refractivity contribution < 1.29 is 36.6 Å². The molecule has 0 N–H and O–H groups in total. The SMILES string of the molecule is COC(=O)c1cc(OC(F)F)c2nc(CN3CCC(c4cccc(OCc5ccc(F)cc5F)n4)CC3)n(C)c2c1. The smallest absolute Gasteiger partial charge is 0.387 e. The molecule has 12 heteroatoms. The second-order valence-corrected chi connectivity index (χ2v) is 9.77. The van der Waals surface area contributed by atoms with Crippen molar-refractivity contribution in [2.75, 3.05) is 20.2 Å². The number of nitrogens with zero attached hydrogens (tertiary/aromatic N) is 4. The number of methoxy groups -OCH3 is 1. The van der Waals surface area contributed by atoms with Crippen LogP contribution >= 0.6 is 0 Å². The van der Waals surface area contributed by atoms with Crippen molar-refractivity contribution in [3.05, 3.63) is 82.8 Å². The summed E-state index contributed by atoms with van der Waals surface area (Å²) in [5.41, 5.74) is 1.92. The lowest BCUT2D eigenvalue weighted by atomic mass is 9.93. The van der Waals surface area contributed by atoms with E-state index in [2.05, 4.69) is 19.6 Å². The van der Waals surface area contributed by atoms with E-state index in [0.717, 1.165) is 37.7 Å². The average molecular weight is 573 g/mol. The summed E-state index contributed by atoms with van der Waals surface area (Å²) < 4.78 is 70.1. The molecule has 1 fully saturated rings. The summed E-state index contributed by atoms with van der Waals surface area (Å²) in [5, 5.41) is 0. The van der Waals surface area contributed by atoms with Crippen LogP contribution in [0, 0.1) is 11.6 Å². The van der Waals surface area contributed by atoms with Gasteiger partial charge in [0.05, 0.1) is 24.7 Å². The summed E-state index contributed by atoms with van der Waals surface area (Å²) in [6.07, 6.45) is 1.64. The molecule has 0 aliphatic carbocycles. The molecule has 0 atom stereocenters. The Morgan fingerprint density at radius 2 is 1.85 bits per heavy atom. The Balaban J connectivity index is 1.24. The zero-order valence-corrected chi connectivity index (χ0v) is 22.4. The standard InChI is InChI=1S/C29H28F4N4O4/c1-36-23-12-19(28(38)39-2)13-24(41-29(32)33)27(23)35-25(36)15-37-10-8-17(9-11-37)22-4-3-5-26(34-22)40-16-18-6-7-20(30)14-21(18)31/h3-7,12-14,17,29H,8-11,15-16H2,1-2H3. The quantitative estimate of drug-likeness (QED) is 0.191. The summed E-state index contributed by atoms with van der Waals surface area (Å²) in [5.74, 6) is -0.979. The number of piperidine rings is 1. The number of ether oxygens (including phenoxy) is 3. The summed E-state index contributed by atoms with van der Waals surface area (Å²) in [4.78, 5) is 23.5. The minimum Gasteiger partial charge on any atom is -0.473 e. The summed E-state index contributed by atoms with van der Waals surface area (Å²) in [7, 11) is 2.98. The maximum atomic E-state index is 13.9. The summed E-state index contributed by atoms with van der Waals surface area (Å²) >= 11 is 0. The van der Waals surface area contributed by atoms with Crippen molar-refractivity contribution in [3.63, 3.8) is 0 Å². The van der Waals surface area contributed by atoms with Crippen LogP contribution < -0.4 is 9.47 Å². The van der Waals surface area contributed by atoms with Crippen molar-refractivity contribution in [2.45, 2.75) is 38.5 Å². The van der Waals surface area contributed by atoms with E-state index in [0.29, 0.717) is 23.8 Å². The minimum atomic E-state index is -3.07. The third-order valence-corrected chi connectivity index (χ3v) is 7.19. The third-order valence-electron chi connectivity index (χ3n) is 7.19. The first-order valence-corrected chi connectivity index (χ1v) is 13.0. The highest BCUT2D eigenvalue weighted by Crippen LogP contribution is 2.32. The number of fused-ring (bicyclic) bond motifs is 1. The van der Waals surface area contributed by atoms with Gasteiger partial charge in [0.25, 0.3) is 0 Å². The lowest BCUT2D eigenvalue weighted by molar-refractivity contribution is -0.0489. The number of halogens is 4. The number of alkyl halides is 2. The number of carbonyl (C=O) groups is 1. The Labute approximate surface area is 233 Å². The molecule has 1 aliphatic heterocycles. The molecule has 2 aromatic heterocycles. The van der Waals surface area contributed by atoms with Crippen molar-refractivity contribution in [3.8, 4) is 11.6 Å². The second-order valence-electron chi connectivity index (χ2n) is 9.77. The highest BCUT2D eigenvalue weighted by atomic mass is 19.3. The number of esters is 1. The van der Waals surface area contributed by atoms with Gasteiger partial charge >= 0.3 is 12.6 Å². The number of imidazole rings is 1. The van der Waals surface area contributed by atoms with Crippen LogP contribution in [0.4, 0.5) is 17.6 Å². The number of benzene rings is 2.